The predicted molar refractivity (Wildman–Crippen MR) is 94.6 cm³/mol. The van der Waals surface area contributed by atoms with Crippen molar-refractivity contribution in [3.8, 4) is 10.6 Å². The molecule has 6 nitrogen and oxygen atoms in total. The molecular weight excluding hydrogens is 352 g/mol. The lowest BCUT2D eigenvalue weighted by atomic mass is 10.1. The van der Waals surface area contributed by atoms with E-state index in [-0.39, 0.29) is 16.0 Å². The first-order chi connectivity index (χ1) is 12.6. The number of hydrogen-bond acceptors (Lipinski definition) is 6. The summed E-state index contributed by atoms with van der Waals surface area (Å²) in [6, 6.07) is 15.8. The van der Waals surface area contributed by atoms with E-state index in [1.165, 1.54) is 12.1 Å². The van der Waals surface area contributed by atoms with Crippen molar-refractivity contribution in [2.24, 2.45) is 0 Å². The second-order valence-electron chi connectivity index (χ2n) is 5.63. The zero-order valence-corrected chi connectivity index (χ0v) is 14.4. The van der Waals surface area contributed by atoms with Crippen LogP contribution in [0.1, 0.15) is 36.1 Å². The zero-order chi connectivity index (χ0) is 18.3. The fraction of sp³-hybridized carbons (Fsp3) is 0.0526. The summed E-state index contributed by atoms with van der Waals surface area (Å²) in [6.07, 6.45) is 0. The van der Waals surface area contributed by atoms with E-state index in [0.717, 1.165) is 16.9 Å². The van der Waals surface area contributed by atoms with Crippen molar-refractivity contribution in [1.82, 2.24) is 10.0 Å². The summed E-state index contributed by atoms with van der Waals surface area (Å²) in [4.78, 5) is 46.8. The molecule has 0 fully saturated rings. The quantitative estimate of drug-likeness (QED) is 0.665. The molecule has 2 aromatic carbocycles. The number of aryl methyl sites for hydroxylation is 1. The summed E-state index contributed by atoms with van der Waals surface area (Å²) < 4.78 is 0. The van der Waals surface area contributed by atoms with E-state index in [4.69, 9.17) is 4.84 Å². The van der Waals surface area contributed by atoms with Gasteiger partial charge in [-0.15, -0.1) is 11.3 Å². The van der Waals surface area contributed by atoms with Crippen LogP contribution in [0, 0.1) is 6.92 Å². The van der Waals surface area contributed by atoms with Gasteiger partial charge in [-0.3, -0.25) is 9.59 Å². The van der Waals surface area contributed by atoms with E-state index < -0.39 is 17.8 Å². The molecule has 1 aromatic heterocycles. The minimum absolute atomic E-state index is 0.219. The number of imide groups is 1. The lowest BCUT2D eigenvalue weighted by molar-refractivity contribution is -0.0581. The average Bonchev–Trinajstić information content (AvgIpc) is 3.17. The van der Waals surface area contributed by atoms with Gasteiger partial charge < -0.3 is 4.84 Å². The van der Waals surface area contributed by atoms with Gasteiger partial charge in [0, 0.05) is 5.56 Å². The molecule has 1 aliphatic rings. The number of amides is 2. The van der Waals surface area contributed by atoms with Crippen LogP contribution in [0.5, 0.6) is 0 Å². The number of hydroxylamine groups is 2. The van der Waals surface area contributed by atoms with Crippen molar-refractivity contribution in [2.75, 3.05) is 0 Å². The molecule has 4 rings (SSSR count). The number of carbonyl (C=O) groups excluding carboxylic acids is 3. The second kappa shape index (κ2) is 6.20. The van der Waals surface area contributed by atoms with Crippen LogP contribution in [0.3, 0.4) is 0 Å². The van der Waals surface area contributed by atoms with E-state index in [0.29, 0.717) is 15.8 Å². The summed E-state index contributed by atoms with van der Waals surface area (Å²) in [7, 11) is 0. The highest BCUT2D eigenvalue weighted by molar-refractivity contribution is 7.17. The second-order valence-corrected chi connectivity index (χ2v) is 6.63. The largest absolute Gasteiger partial charge is 0.375 e. The van der Waals surface area contributed by atoms with Gasteiger partial charge in [-0.25, -0.2) is 9.78 Å². The SMILES string of the molecule is Cc1nc(-c2ccccc2)sc1C(=O)ON1C(=O)c2ccccc2C1=O. The van der Waals surface area contributed by atoms with Gasteiger partial charge in [0.1, 0.15) is 9.88 Å². The van der Waals surface area contributed by atoms with Gasteiger partial charge in [0.2, 0.25) is 0 Å². The van der Waals surface area contributed by atoms with E-state index in [9.17, 15) is 14.4 Å². The summed E-state index contributed by atoms with van der Waals surface area (Å²) in [6.45, 7) is 1.68. The fourth-order valence-electron chi connectivity index (χ4n) is 2.66. The lowest BCUT2D eigenvalue weighted by Gasteiger charge is -2.11. The van der Waals surface area contributed by atoms with Gasteiger partial charge in [-0.1, -0.05) is 47.5 Å². The van der Waals surface area contributed by atoms with Crippen molar-refractivity contribution in [1.29, 1.82) is 0 Å². The number of aromatic nitrogens is 1. The third-order valence-electron chi connectivity index (χ3n) is 3.93. The van der Waals surface area contributed by atoms with Crippen molar-refractivity contribution < 1.29 is 19.2 Å². The van der Waals surface area contributed by atoms with Crippen molar-refractivity contribution in [3.05, 3.63) is 76.3 Å². The molecule has 26 heavy (non-hydrogen) atoms. The molecule has 2 heterocycles. The maximum atomic E-state index is 12.5. The van der Waals surface area contributed by atoms with Gasteiger partial charge in [0.25, 0.3) is 11.8 Å². The molecule has 7 heteroatoms. The Kier molecular flexibility index (Phi) is 3.85. The molecule has 0 N–H and O–H groups in total. The number of nitrogens with zero attached hydrogens (tertiary/aromatic N) is 2. The van der Waals surface area contributed by atoms with Gasteiger partial charge in [-0.2, -0.15) is 0 Å². The highest BCUT2D eigenvalue weighted by atomic mass is 32.1. The average molecular weight is 364 g/mol. The van der Waals surface area contributed by atoms with Crippen molar-refractivity contribution in [3.63, 3.8) is 0 Å². The van der Waals surface area contributed by atoms with E-state index in [2.05, 4.69) is 4.98 Å². The first kappa shape index (κ1) is 16.2. The van der Waals surface area contributed by atoms with Gasteiger partial charge >= 0.3 is 5.97 Å². The Morgan fingerprint density at radius 2 is 1.54 bits per heavy atom. The van der Waals surface area contributed by atoms with Crippen molar-refractivity contribution in [2.45, 2.75) is 6.92 Å². The Balaban J connectivity index is 1.59. The summed E-state index contributed by atoms with van der Waals surface area (Å²) in [5.41, 5.74) is 1.79. The molecule has 0 unspecified atom stereocenters. The summed E-state index contributed by atoms with van der Waals surface area (Å²) in [5.74, 6) is -2.08. The van der Waals surface area contributed by atoms with Crippen LogP contribution in [0.15, 0.2) is 54.6 Å². The fourth-order valence-corrected chi connectivity index (χ4v) is 3.61. The summed E-state index contributed by atoms with van der Waals surface area (Å²) >= 11 is 1.16. The maximum absolute atomic E-state index is 12.5. The maximum Gasteiger partial charge on any atom is 0.375 e. The van der Waals surface area contributed by atoms with Crippen LogP contribution in [0.4, 0.5) is 0 Å². The summed E-state index contributed by atoms with van der Waals surface area (Å²) in [5, 5.41) is 1.17. The normalized spacial score (nSPS) is 13.0. The van der Waals surface area contributed by atoms with Crippen LogP contribution in [-0.2, 0) is 4.84 Å². The third-order valence-corrected chi connectivity index (χ3v) is 5.12. The highest BCUT2D eigenvalue weighted by Gasteiger charge is 2.39. The number of rotatable bonds is 3. The topological polar surface area (TPSA) is 76.6 Å². The first-order valence-electron chi connectivity index (χ1n) is 7.79. The molecule has 0 saturated heterocycles. The van der Waals surface area contributed by atoms with E-state index in [1.54, 1.807) is 19.1 Å². The molecule has 2 amide bonds. The monoisotopic (exact) mass is 364 g/mol. The third kappa shape index (κ3) is 2.58. The molecule has 0 aliphatic carbocycles. The Hall–Kier alpha value is -3.32. The Morgan fingerprint density at radius 3 is 2.15 bits per heavy atom. The molecule has 128 valence electrons. The molecule has 3 aromatic rings. The molecule has 1 aliphatic heterocycles. The van der Waals surface area contributed by atoms with Crippen LogP contribution >= 0.6 is 11.3 Å². The zero-order valence-electron chi connectivity index (χ0n) is 13.6. The van der Waals surface area contributed by atoms with Crippen LogP contribution < -0.4 is 0 Å². The van der Waals surface area contributed by atoms with Crippen LogP contribution in [0.25, 0.3) is 10.6 Å². The van der Waals surface area contributed by atoms with Crippen molar-refractivity contribution >= 4 is 29.1 Å². The Labute approximate surface area is 152 Å². The molecule has 0 saturated carbocycles. The van der Waals surface area contributed by atoms with E-state index in [1.807, 2.05) is 30.3 Å². The number of thiazole rings is 1. The van der Waals surface area contributed by atoms with Crippen LogP contribution in [-0.4, -0.2) is 27.8 Å². The Morgan fingerprint density at radius 1 is 0.962 bits per heavy atom. The molecule has 0 spiro atoms. The number of benzene rings is 2. The molecule has 0 radical (unpaired) electrons. The van der Waals surface area contributed by atoms with Gasteiger partial charge in [0.05, 0.1) is 16.8 Å². The van der Waals surface area contributed by atoms with Gasteiger partial charge in [-0.05, 0) is 19.1 Å². The first-order valence-corrected chi connectivity index (χ1v) is 8.61. The van der Waals surface area contributed by atoms with Crippen LogP contribution in [0.2, 0.25) is 0 Å². The minimum Gasteiger partial charge on any atom is -0.323 e. The molecule has 0 bridgehead atoms. The lowest BCUT2D eigenvalue weighted by Crippen LogP contribution is -2.32. The molecular formula is C19H12N2O4S. The number of fused-ring (bicyclic) bond motifs is 1. The Bertz CT molecular complexity index is 1010. The smallest absolute Gasteiger partial charge is 0.323 e. The number of hydrogen-bond donors (Lipinski definition) is 0. The minimum atomic E-state index is -0.781. The number of carbonyl (C=O) groups is 3. The molecule has 0 atom stereocenters. The highest BCUT2D eigenvalue weighted by Crippen LogP contribution is 2.29. The van der Waals surface area contributed by atoms with E-state index >= 15 is 0 Å². The van der Waals surface area contributed by atoms with Gasteiger partial charge in [0.15, 0.2) is 0 Å². The predicted octanol–water partition coefficient (Wildman–Crippen LogP) is 3.49. The standard InChI is InChI=1S/C19H12N2O4S/c1-11-15(26-16(20-11)12-7-3-2-4-8-12)19(24)25-21-17(22)13-9-5-6-10-14(13)18(21)23/h2-10H,1H3.